The summed E-state index contributed by atoms with van der Waals surface area (Å²) >= 11 is 0. The van der Waals surface area contributed by atoms with Gasteiger partial charge in [-0.2, -0.15) is 5.10 Å². The van der Waals surface area contributed by atoms with Gasteiger partial charge in [0.1, 0.15) is 0 Å². The van der Waals surface area contributed by atoms with E-state index in [2.05, 4.69) is 76.2 Å². The number of rotatable bonds is 5. The van der Waals surface area contributed by atoms with Crippen LogP contribution in [0.15, 0.2) is 65.8 Å². The van der Waals surface area contributed by atoms with E-state index in [4.69, 9.17) is 0 Å². The highest BCUT2D eigenvalue weighted by atomic mass is 127. The van der Waals surface area contributed by atoms with Crippen molar-refractivity contribution in [3.05, 3.63) is 77.6 Å². The predicted octanol–water partition coefficient (Wildman–Crippen LogP) is 3.88. The molecule has 2 N–H and O–H groups in total. The zero-order chi connectivity index (χ0) is 18.4. The quantitative estimate of drug-likeness (QED) is 0.335. The molecule has 1 aromatic heterocycles. The second-order valence-electron chi connectivity index (χ2n) is 6.30. The van der Waals surface area contributed by atoms with Crippen LogP contribution in [0.5, 0.6) is 0 Å². The van der Waals surface area contributed by atoms with E-state index in [1.54, 1.807) is 13.2 Å². The van der Waals surface area contributed by atoms with Gasteiger partial charge < -0.3 is 10.6 Å². The molecule has 0 atom stereocenters. The molecule has 3 rings (SSSR count). The van der Waals surface area contributed by atoms with Crippen molar-refractivity contribution in [1.82, 2.24) is 20.4 Å². The molecule has 0 unspecified atom stereocenters. The number of benzene rings is 2. The lowest BCUT2D eigenvalue weighted by molar-refractivity contribution is 0.684. The topological polar surface area (TPSA) is 54.2 Å². The van der Waals surface area contributed by atoms with Crippen molar-refractivity contribution >= 4 is 29.9 Å². The lowest BCUT2D eigenvalue weighted by Crippen LogP contribution is -2.36. The van der Waals surface area contributed by atoms with Gasteiger partial charge in [0.2, 0.25) is 0 Å². The molecule has 1 heterocycles. The number of hydrogen-bond acceptors (Lipinski definition) is 2. The first-order chi connectivity index (χ1) is 12.7. The summed E-state index contributed by atoms with van der Waals surface area (Å²) in [6.45, 7) is 3.51. The van der Waals surface area contributed by atoms with E-state index in [1.165, 1.54) is 22.3 Å². The second-order valence-corrected chi connectivity index (χ2v) is 6.30. The highest BCUT2D eigenvalue weighted by Gasteiger charge is 2.03. The summed E-state index contributed by atoms with van der Waals surface area (Å²) in [5.74, 6) is 0.771. The van der Waals surface area contributed by atoms with Crippen LogP contribution in [0.4, 0.5) is 0 Å². The molecule has 2 aromatic carbocycles. The summed E-state index contributed by atoms with van der Waals surface area (Å²) < 4.78 is 1.85. The molecule has 142 valence electrons. The van der Waals surface area contributed by atoms with Crippen molar-refractivity contribution < 1.29 is 0 Å². The van der Waals surface area contributed by atoms with Gasteiger partial charge >= 0.3 is 0 Å². The largest absolute Gasteiger partial charge is 0.352 e. The molecular formula is C21H26IN5. The summed E-state index contributed by atoms with van der Waals surface area (Å²) in [7, 11) is 3.71. The lowest BCUT2D eigenvalue weighted by Gasteiger charge is -2.13. The normalized spacial score (nSPS) is 11.0. The van der Waals surface area contributed by atoms with E-state index in [-0.39, 0.29) is 24.0 Å². The average molecular weight is 475 g/mol. The number of halogens is 1. The third kappa shape index (κ3) is 5.82. The van der Waals surface area contributed by atoms with Crippen LogP contribution in [0.25, 0.3) is 11.1 Å². The van der Waals surface area contributed by atoms with Gasteiger partial charge in [-0.1, -0.05) is 48.0 Å². The zero-order valence-electron chi connectivity index (χ0n) is 15.9. The second kappa shape index (κ2) is 10.1. The molecule has 0 aliphatic carbocycles. The third-order valence-corrected chi connectivity index (χ3v) is 4.32. The van der Waals surface area contributed by atoms with Crippen molar-refractivity contribution in [2.24, 2.45) is 12.0 Å². The summed E-state index contributed by atoms with van der Waals surface area (Å²) in [5.41, 5.74) is 6.06. The zero-order valence-corrected chi connectivity index (χ0v) is 18.3. The smallest absolute Gasteiger partial charge is 0.191 e. The number of guanidine groups is 1. The molecule has 0 saturated carbocycles. The summed E-state index contributed by atoms with van der Waals surface area (Å²) in [4.78, 5) is 4.29. The monoisotopic (exact) mass is 475 g/mol. The molecule has 0 saturated heterocycles. The van der Waals surface area contributed by atoms with Crippen molar-refractivity contribution in [3.63, 3.8) is 0 Å². The molecule has 0 aliphatic heterocycles. The van der Waals surface area contributed by atoms with Gasteiger partial charge in [-0.15, -0.1) is 24.0 Å². The Morgan fingerprint density at radius 2 is 1.70 bits per heavy atom. The number of aryl methyl sites for hydroxylation is 2. The first-order valence-corrected chi connectivity index (χ1v) is 8.73. The number of aromatic nitrogens is 2. The van der Waals surface area contributed by atoms with Crippen LogP contribution in [0.3, 0.4) is 0 Å². The molecule has 6 heteroatoms. The SMILES string of the molecule is CN=C(NCc1cccc(-c2cccc(C)c2)c1)NCc1ccnn1C.I. The van der Waals surface area contributed by atoms with Gasteiger partial charge in [-0.25, -0.2) is 0 Å². The minimum atomic E-state index is 0. The summed E-state index contributed by atoms with van der Waals surface area (Å²) in [6, 6.07) is 19.2. The van der Waals surface area contributed by atoms with E-state index in [0.717, 1.165) is 11.7 Å². The highest BCUT2D eigenvalue weighted by Crippen LogP contribution is 2.21. The number of nitrogens with zero attached hydrogens (tertiary/aromatic N) is 3. The summed E-state index contributed by atoms with van der Waals surface area (Å²) in [6.07, 6.45) is 1.80. The minimum Gasteiger partial charge on any atom is -0.352 e. The fourth-order valence-electron chi connectivity index (χ4n) is 2.84. The molecule has 5 nitrogen and oxygen atoms in total. The maximum Gasteiger partial charge on any atom is 0.191 e. The van der Waals surface area contributed by atoms with Crippen LogP contribution in [0.1, 0.15) is 16.8 Å². The van der Waals surface area contributed by atoms with Gasteiger partial charge in [0.15, 0.2) is 5.96 Å². The van der Waals surface area contributed by atoms with Crippen LogP contribution in [0, 0.1) is 6.92 Å². The van der Waals surface area contributed by atoms with E-state index in [1.807, 2.05) is 17.8 Å². The van der Waals surface area contributed by atoms with E-state index in [9.17, 15) is 0 Å². The Bertz CT molecular complexity index is 901. The molecule has 0 radical (unpaired) electrons. The Kier molecular flexibility index (Phi) is 7.84. The fourth-order valence-corrected chi connectivity index (χ4v) is 2.84. The molecule has 3 aromatic rings. The average Bonchev–Trinajstić information content (AvgIpc) is 3.07. The van der Waals surface area contributed by atoms with Gasteiger partial charge in [0.25, 0.3) is 0 Å². The first-order valence-electron chi connectivity index (χ1n) is 8.73. The van der Waals surface area contributed by atoms with Crippen molar-refractivity contribution in [2.45, 2.75) is 20.0 Å². The number of aliphatic imine (C=N–C) groups is 1. The predicted molar refractivity (Wildman–Crippen MR) is 122 cm³/mol. The number of nitrogens with one attached hydrogen (secondary N) is 2. The van der Waals surface area contributed by atoms with Gasteiger partial charge in [0, 0.05) is 26.8 Å². The Morgan fingerprint density at radius 1 is 1.00 bits per heavy atom. The van der Waals surface area contributed by atoms with Gasteiger partial charge in [-0.05, 0) is 35.7 Å². The molecule has 0 spiro atoms. The molecule has 0 aliphatic rings. The maximum atomic E-state index is 4.29. The van der Waals surface area contributed by atoms with Crippen LogP contribution in [-0.4, -0.2) is 22.8 Å². The van der Waals surface area contributed by atoms with Crippen molar-refractivity contribution in [1.29, 1.82) is 0 Å². The first kappa shape index (κ1) is 21.0. The van der Waals surface area contributed by atoms with E-state index < -0.39 is 0 Å². The van der Waals surface area contributed by atoms with Gasteiger partial charge in [0.05, 0.1) is 12.2 Å². The van der Waals surface area contributed by atoms with Crippen LogP contribution in [0.2, 0.25) is 0 Å². The van der Waals surface area contributed by atoms with E-state index >= 15 is 0 Å². The molecule has 0 bridgehead atoms. The molecule has 0 amide bonds. The van der Waals surface area contributed by atoms with Crippen molar-refractivity contribution in [3.8, 4) is 11.1 Å². The van der Waals surface area contributed by atoms with Crippen LogP contribution in [-0.2, 0) is 20.1 Å². The molecule has 0 fully saturated rings. The minimum absolute atomic E-state index is 0. The number of hydrogen-bond donors (Lipinski definition) is 2. The van der Waals surface area contributed by atoms with Crippen LogP contribution >= 0.6 is 24.0 Å². The highest BCUT2D eigenvalue weighted by molar-refractivity contribution is 14.0. The summed E-state index contributed by atoms with van der Waals surface area (Å²) in [5, 5.41) is 10.9. The fraction of sp³-hybridized carbons (Fsp3) is 0.238. The van der Waals surface area contributed by atoms with E-state index in [0.29, 0.717) is 13.1 Å². The molecular weight excluding hydrogens is 449 g/mol. The Labute approximate surface area is 177 Å². The van der Waals surface area contributed by atoms with Crippen LogP contribution < -0.4 is 10.6 Å². The Hall–Kier alpha value is -2.35. The van der Waals surface area contributed by atoms with Gasteiger partial charge in [-0.3, -0.25) is 9.67 Å². The van der Waals surface area contributed by atoms with Crippen molar-refractivity contribution in [2.75, 3.05) is 7.05 Å². The third-order valence-electron chi connectivity index (χ3n) is 4.32. The Balaban J connectivity index is 0.00000261. The molecule has 27 heavy (non-hydrogen) atoms. The maximum absolute atomic E-state index is 4.29. The lowest BCUT2D eigenvalue weighted by atomic mass is 10.0. The Morgan fingerprint density at radius 3 is 2.37 bits per heavy atom. The standard InChI is InChI=1S/C21H25N5.HI/c1-16-6-4-8-18(12-16)19-9-5-7-17(13-19)14-23-21(22-2)24-15-20-10-11-25-26(20)3;/h4-13H,14-15H2,1-3H3,(H2,22,23,24);1H.